The number of rotatable bonds is 21. The second-order valence-corrected chi connectivity index (χ2v) is 13.7. The molecule has 1 atom stereocenters. The summed E-state index contributed by atoms with van der Waals surface area (Å²) in [5.41, 5.74) is 2.83. The number of amides is 1. The Labute approximate surface area is 268 Å². The van der Waals surface area contributed by atoms with Crippen molar-refractivity contribution >= 4 is 28.8 Å². The van der Waals surface area contributed by atoms with E-state index < -0.39 is 6.04 Å². The molecule has 0 spiro atoms. The molecule has 1 aliphatic heterocycles. The molecule has 0 unspecified atom stereocenters. The van der Waals surface area contributed by atoms with Gasteiger partial charge in [0.2, 0.25) is 0 Å². The molecule has 0 bridgehead atoms. The zero-order chi connectivity index (χ0) is 31.1. The molecule has 7 nitrogen and oxygen atoms in total. The fourth-order valence-corrected chi connectivity index (χ4v) is 7.37. The van der Waals surface area contributed by atoms with Gasteiger partial charge in [-0.25, -0.2) is 0 Å². The second-order valence-electron chi connectivity index (χ2n) is 12.7. The first kappa shape index (κ1) is 34.3. The Morgan fingerprint density at radius 3 is 2.32 bits per heavy atom. The third-order valence-corrected chi connectivity index (χ3v) is 10.1. The van der Waals surface area contributed by atoms with E-state index in [1.807, 2.05) is 17.5 Å². The Morgan fingerprint density at radius 2 is 1.64 bits per heavy atom. The second kappa shape index (κ2) is 18.4. The number of benzene rings is 1. The quantitative estimate of drug-likeness (QED) is 0.141. The lowest BCUT2D eigenvalue weighted by molar-refractivity contribution is -0.122. The van der Waals surface area contributed by atoms with Gasteiger partial charge in [-0.1, -0.05) is 63.5 Å². The minimum absolute atomic E-state index is 0.0252. The smallest absolute Gasteiger partial charge is 0.255 e. The first-order valence-corrected chi connectivity index (χ1v) is 17.9. The number of hydrogen-bond donors (Lipinski definition) is 2. The Hall–Kier alpha value is -2.55. The van der Waals surface area contributed by atoms with Crippen molar-refractivity contribution in [1.29, 1.82) is 0 Å². The van der Waals surface area contributed by atoms with Crippen LogP contribution in [0.4, 0.5) is 0 Å². The van der Waals surface area contributed by atoms with Crippen molar-refractivity contribution in [2.45, 2.75) is 136 Å². The fraction of sp³-hybridized carbons (Fsp3) is 0.639. The molecule has 4 rings (SSSR count). The van der Waals surface area contributed by atoms with Gasteiger partial charge < -0.3 is 25.1 Å². The summed E-state index contributed by atoms with van der Waals surface area (Å²) in [7, 11) is 0. The van der Waals surface area contributed by atoms with E-state index in [2.05, 4.69) is 22.8 Å². The zero-order valence-corrected chi connectivity index (χ0v) is 27.8. The van der Waals surface area contributed by atoms with Crippen LogP contribution in [-0.4, -0.2) is 47.5 Å². The summed E-state index contributed by atoms with van der Waals surface area (Å²) in [5.74, 6) is 0.609. The van der Waals surface area contributed by atoms with Gasteiger partial charge in [0.15, 0.2) is 5.78 Å². The first-order chi connectivity index (χ1) is 21.4. The molecule has 1 saturated carbocycles. The lowest BCUT2D eigenvalue weighted by Gasteiger charge is -2.25. The molecule has 1 aromatic heterocycles. The molecule has 1 fully saturated rings. The van der Waals surface area contributed by atoms with Crippen LogP contribution in [0.2, 0.25) is 0 Å². The van der Waals surface area contributed by atoms with Gasteiger partial charge >= 0.3 is 0 Å². The maximum Gasteiger partial charge on any atom is 0.255 e. The van der Waals surface area contributed by atoms with Crippen LogP contribution in [-0.2, 0) is 29.3 Å². The van der Waals surface area contributed by atoms with Gasteiger partial charge in [0.1, 0.15) is 18.1 Å². The van der Waals surface area contributed by atoms with E-state index in [1.165, 1.54) is 114 Å². The summed E-state index contributed by atoms with van der Waals surface area (Å²) in [6.07, 6.45) is 16.9. The van der Waals surface area contributed by atoms with Crippen LogP contribution in [0.5, 0.6) is 5.75 Å². The van der Waals surface area contributed by atoms with Crippen LogP contribution >= 0.6 is 11.3 Å². The Morgan fingerprint density at radius 1 is 0.955 bits per heavy atom. The molecule has 1 aromatic carbocycles. The molecular formula is C36H53N3O4S. The van der Waals surface area contributed by atoms with Crippen molar-refractivity contribution in [3.63, 3.8) is 0 Å². The summed E-state index contributed by atoms with van der Waals surface area (Å²) in [4.78, 5) is 39.4. The Balaban J connectivity index is 1.06. The molecule has 2 aromatic rings. The molecule has 2 heterocycles. The minimum atomic E-state index is -0.563. The van der Waals surface area contributed by atoms with Gasteiger partial charge in [0.05, 0.1) is 11.6 Å². The summed E-state index contributed by atoms with van der Waals surface area (Å²) < 4.78 is 6.07. The number of carbonyl (C=O) groups excluding carboxylic acids is 3. The molecule has 242 valence electrons. The topological polar surface area (TPSA) is 87.7 Å². The zero-order valence-electron chi connectivity index (χ0n) is 27.0. The summed E-state index contributed by atoms with van der Waals surface area (Å²) in [6.45, 7) is 6.88. The molecular weight excluding hydrogens is 570 g/mol. The van der Waals surface area contributed by atoms with Crippen molar-refractivity contribution in [1.82, 2.24) is 15.5 Å². The van der Waals surface area contributed by atoms with Gasteiger partial charge in [0, 0.05) is 41.4 Å². The summed E-state index contributed by atoms with van der Waals surface area (Å²) in [5, 5.41) is 9.19. The predicted octanol–water partition coefficient (Wildman–Crippen LogP) is 7.35. The van der Waals surface area contributed by atoms with Crippen molar-refractivity contribution in [3.05, 3.63) is 51.2 Å². The standard InChI is InChI=1S/C36H53N3O4S/c1-27(40)15-20-34(28(2)41)39-24-32-33(36(39)42)26-44-35(32)25-43-31-18-16-29(17-19-31)23-37-21-11-6-4-3-5-7-12-22-38-30-13-9-8-10-14-30/h16-19,26,30,34,37-38H,3-15,20-25H2,1-2H3/t34-/m0/s1. The number of unbranched alkanes of at least 4 members (excludes halogenated alkanes) is 6. The number of fused-ring (bicyclic) bond motifs is 1. The highest BCUT2D eigenvalue weighted by molar-refractivity contribution is 7.10. The number of hydrogen-bond acceptors (Lipinski definition) is 7. The monoisotopic (exact) mass is 623 g/mol. The third kappa shape index (κ3) is 10.8. The average molecular weight is 624 g/mol. The number of Topliss-reactive ketones (excluding diaryl/α,β-unsaturated/α-hetero) is 2. The van der Waals surface area contributed by atoms with E-state index in [1.54, 1.807) is 4.90 Å². The lowest BCUT2D eigenvalue weighted by atomic mass is 9.95. The Kier molecular flexibility index (Phi) is 14.4. The molecule has 8 heteroatoms. The van der Waals surface area contributed by atoms with E-state index >= 15 is 0 Å². The van der Waals surface area contributed by atoms with Crippen LogP contribution in [0, 0.1) is 0 Å². The maximum atomic E-state index is 13.0. The summed E-state index contributed by atoms with van der Waals surface area (Å²) in [6, 6.07) is 8.43. The minimum Gasteiger partial charge on any atom is -0.488 e. The largest absolute Gasteiger partial charge is 0.488 e. The number of carbonyl (C=O) groups is 3. The SMILES string of the molecule is CC(=O)CC[C@@H](C(C)=O)N1Cc2c(csc2COc2ccc(CNCCCCCCCCCNC3CCCCC3)cc2)C1=O. The number of thiophene rings is 1. The highest BCUT2D eigenvalue weighted by Gasteiger charge is 2.37. The van der Waals surface area contributed by atoms with Crippen LogP contribution < -0.4 is 15.4 Å². The Bertz CT molecular complexity index is 1190. The van der Waals surface area contributed by atoms with E-state index in [0.29, 0.717) is 31.6 Å². The molecule has 2 N–H and O–H groups in total. The first-order valence-electron chi connectivity index (χ1n) is 17.0. The molecule has 0 radical (unpaired) electrons. The van der Waals surface area contributed by atoms with Gasteiger partial charge in [-0.15, -0.1) is 11.3 Å². The van der Waals surface area contributed by atoms with E-state index in [4.69, 9.17) is 4.74 Å². The third-order valence-electron chi connectivity index (χ3n) is 9.11. The van der Waals surface area contributed by atoms with Crippen molar-refractivity contribution < 1.29 is 19.1 Å². The molecule has 1 amide bonds. The van der Waals surface area contributed by atoms with Gasteiger partial charge in [-0.05, 0) is 76.7 Å². The number of ketones is 2. The van der Waals surface area contributed by atoms with Crippen LogP contribution in [0.25, 0.3) is 0 Å². The van der Waals surface area contributed by atoms with Gasteiger partial charge in [-0.3, -0.25) is 9.59 Å². The number of nitrogens with zero attached hydrogens (tertiary/aromatic N) is 1. The van der Waals surface area contributed by atoms with Gasteiger partial charge in [0.25, 0.3) is 5.91 Å². The molecule has 44 heavy (non-hydrogen) atoms. The van der Waals surface area contributed by atoms with E-state index in [0.717, 1.165) is 35.3 Å². The van der Waals surface area contributed by atoms with E-state index in [-0.39, 0.29) is 17.5 Å². The van der Waals surface area contributed by atoms with Crippen LogP contribution in [0.15, 0.2) is 29.6 Å². The maximum absolute atomic E-state index is 13.0. The molecule has 0 saturated heterocycles. The van der Waals surface area contributed by atoms with Crippen molar-refractivity contribution in [3.8, 4) is 5.75 Å². The van der Waals surface area contributed by atoms with Crippen LogP contribution in [0.1, 0.15) is 130 Å². The molecule has 2 aliphatic rings. The highest BCUT2D eigenvalue weighted by atomic mass is 32.1. The van der Waals surface area contributed by atoms with Crippen molar-refractivity contribution in [2.75, 3.05) is 13.1 Å². The number of ether oxygens (including phenoxy) is 1. The lowest BCUT2D eigenvalue weighted by Crippen LogP contribution is -2.40. The normalized spacial score (nSPS) is 15.9. The average Bonchev–Trinajstić information content (AvgIpc) is 3.57. The summed E-state index contributed by atoms with van der Waals surface area (Å²) >= 11 is 1.52. The van der Waals surface area contributed by atoms with Gasteiger partial charge in [-0.2, -0.15) is 0 Å². The number of nitrogens with one attached hydrogen (secondary N) is 2. The predicted molar refractivity (Wildman–Crippen MR) is 178 cm³/mol. The molecule has 1 aliphatic carbocycles. The van der Waals surface area contributed by atoms with Crippen molar-refractivity contribution in [2.24, 2.45) is 0 Å². The van der Waals surface area contributed by atoms with E-state index in [9.17, 15) is 14.4 Å². The van der Waals surface area contributed by atoms with Crippen LogP contribution in [0.3, 0.4) is 0 Å². The fourth-order valence-electron chi connectivity index (χ4n) is 6.42. The highest BCUT2D eigenvalue weighted by Crippen LogP contribution is 2.34.